The van der Waals surface area contributed by atoms with Gasteiger partial charge >= 0.3 is 0 Å². The van der Waals surface area contributed by atoms with Crippen LogP contribution in [0.1, 0.15) is 37.3 Å². The highest BCUT2D eigenvalue weighted by molar-refractivity contribution is 7.88. The average Bonchev–Trinajstić information content (AvgIpc) is 2.53. The van der Waals surface area contributed by atoms with Crippen molar-refractivity contribution < 1.29 is 18.3 Å². The first-order valence-electron chi connectivity index (χ1n) is 8.89. The number of carbonyl (C=O) groups is 1. The van der Waals surface area contributed by atoms with Crippen LogP contribution >= 0.6 is 0 Å². The zero-order valence-electron chi connectivity index (χ0n) is 15.4. The zero-order chi connectivity index (χ0) is 19.1. The molecule has 2 atom stereocenters. The van der Waals surface area contributed by atoms with Gasteiger partial charge in [-0.2, -0.15) is 4.31 Å². The number of hydrogen-bond acceptors (Lipinski definition) is 4. The van der Waals surface area contributed by atoms with Crippen LogP contribution in [0.5, 0.6) is 0 Å². The van der Waals surface area contributed by atoms with Gasteiger partial charge in [0, 0.05) is 25.4 Å². The summed E-state index contributed by atoms with van der Waals surface area (Å²) in [7, 11) is -3.49. The molecule has 2 fully saturated rings. The minimum atomic E-state index is -3.49. The lowest BCUT2D eigenvalue weighted by molar-refractivity contribution is -0.167. The SMILES string of the molecule is C/C=C/c1ccc([C@@H]2[C@@H](CO)N(S(C)(=O)=O)C23CN(C(=O)CC)C3)cc1. The Morgan fingerprint density at radius 3 is 2.38 bits per heavy atom. The number of hydrogen-bond donors (Lipinski definition) is 1. The van der Waals surface area contributed by atoms with E-state index in [4.69, 9.17) is 0 Å². The number of benzene rings is 1. The summed E-state index contributed by atoms with van der Waals surface area (Å²) in [5.41, 5.74) is 1.43. The van der Waals surface area contributed by atoms with E-state index in [9.17, 15) is 18.3 Å². The Balaban J connectivity index is 1.95. The highest BCUT2D eigenvalue weighted by Gasteiger charge is 2.69. The van der Waals surface area contributed by atoms with Crippen molar-refractivity contribution in [1.29, 1.82) is 0 Å². The van der Waals surface area contributed by atoms with E-state index in [2.05, 4.69) is 0 Å². The molecule has 2 aliphatic heterocycles. The molecule has 0 aromatic heterocycles. The molecule has 1 aromatic carbocycles. The van der Waals surface area contributed by atoms with Gasteiger partial charge in [-0.3, -0.25) is 4.79 Å². The molecule has 1 spiro atoms. The predicted octanol–water partition coefficient (Wildman–Crippen LogP) is 1.43. The van der Waals surface area contributed by atoms with Crippen molar-refractivity contribution in [2.75, 3.05) is 26.0 Å². The minimum Gasteiger partial charge on any atom is -0.395 e. The summed E-state index contributed by atoms with van der Waals surface area (Å²) < 4.78 is 26.1. The molecular weight excluding hydrogens is 352 g/mol. The summed E-state index contributed by atoms with van der Waals surface area (Å²) in [6.07, 6.45) is 5.54. The Labute approximate surface area is 155 Å². The van der Waals surface area contributed by atoms with Gasteiger partial charge in [-0.1, -0.05) is 43.3 Å². The van der Waals surface area contributed by atoms with Crippen molar-refractivity contribution in [2.45, 2.75) is 37.8 Å². The number of amides is 1. The molecule has 1 aromatic rings. The average molecular weight is 378 g/mol. The molecule has 7 heteroatoms. The van der Waals surface area contributed by atoms with E-state index < -0.39 is 21.6 Å². The van der Waals surface area contributed by atoms with Gasteiger partial charge in [0.05, 0.1) is 24.4 Å². The lowest BCUT2D eigenvalue weighted by Gasteiger charge is -2.69. The molecule has 1 amide bonds. The van der Waals surface area contributed by atoms with Gasteiger partial charge in [0.1, 0.15) is 0 Å². The van der Waals surface area contributed by atoms with Crippen molar-refractivity contribution in [1.82, 2.24) is 9.21 Å². The number of aliphatic hydroxyl groups is 1. The maximum absolute atomic E-state index is 12.4. The second kappa shape index (κ2) is 6.79. The molecule has 142 valence electrons. The molecule has 0 saturated carbocycles. The van der Waals surface area contributed by atoms with E-state index in [-0.39, 0.29) is 18.4 Å². The number of likely N-dealkylation sites (tertiary alicyclic amines) is 1. The van der Waals surface area contributed by atoms with Crippen molar-refractivity contribution in [3.05, 3.63) is 41.5 Å². The first-order chi connectivity index (χ1) is 12.3. The van der Waals surface area contributed by atoms with Crippen LogP contribution in [-0.2, 0) is 14.8 Å². The number of nitrogens with zero attached hydrogens (tertiary/aromatic N) is 2. The van der Waals surface area contributed by atoms with Crippen molar-refractivity contribution in [3.63, 3.8) is 0 Å². The molecule has 2 heterocycles. The van der Waals surface area contributed by atoms with E-state index in [0.29, 0.717) is 19.5 Å². The molecule has 0 aliphatic carbocycles. The highest BCUT2D eigenvalue weighted by Crippen LogP contribution is 2.55. The number of carbonyl (C=O) groups excluding carboxylic acids is 1. The first-order valence-corrected chi connectivity index (χ1v) is 10.7. The fraction of sp³-hybridized carbons (Fsp3) is 0.526. The topological polar surface area (TPSA) is 77.9 Å². The van der Waals surface area contributed by atoms with Crippen molar-refractivity contribution in [2.24, 2.45) is 0 Å². The summed E-state index contributed by atoms with van der Waals surface area (Å²) in [6, 6.07) is 7.49. The van der Waals surface area contributed by atoms with Crippen LogP contribution in [0, 0.1) is 0 Å². The third-order valence-electron chi connectivity index (χ3n) is 5.49. The summed E-state index contributed by atoms with van der Waals surface area (Å²) in [4.78, 5) is 13.7. The fourth-order valence-corrected chi connectivity index (χ4v) is 6.09. The number of sulfonamides is 1. The third kappa shape index (κ3) is 2.88. The molecule has 1 N–H and O–H groups in total. The molecule has 6 nitrogen and oxygen atoms in total. The Kier molecular flexibility index (Phi) is 4.98. The van der Waals surface area contributed by atoms with Gasteiger partial charge in [-0.15, -0.1) is 0 Å². The van der Waals surface area contributed by atoms with Gasteiger partial charge in [0.2, 0.25) is 15.9 Å². The van der Waals surface area contributed by atoms with Crippen LogP contribution in [0.25, 0.3) is 6.08 Å². The molecular formula is C19H26N2O4S. The van der Waals surface area contributed by atoms with Gasteiger partial charge in [0.25, 0.3) is 0 Å². The largest absolute Gasteiger partial charge is 0.395 e. The first kappa shape index (κ1) is 19.1. The molecule has 2 saturated heterocycles. The smallest absolute Gasteiger partial charge is 0.222 e. The Bertz CT molecular complexity index is 810. The highest BCUT2D eigenvalue weighted by atomic mass is 32.2. The van der Waals surface area contributed by atoms with Crippen LogP contribution in [0.4, 0.5) is 0 Å². The summed E-state index contributed by atoms with van der Waals surface area (Å²) >= 11 is 0. The van der Waals surface area contributed by atoms with E-state index in [1.807, 2.05) is 43.3 Å². The molecule has 0 radical (unpaired) electrons. The minimum absolute atomic E-state index is 0.0266. The second-order valence-electron chi connectivity index (χ2n) is 7.16. The normalized spacial score (nSPS) is 25.3. The quantitative estimate of drug-likeness (QED) is 0.841. The standard InChI is InChI=1S/C19H26N2O4S/c1-4-6-14-7-9-15(10-8-14)18-16(11-22)21(26(3,24)25)19(18)12-20(13-19)17(23)5-2/h4,6-10,16,18,22H,5,11-13H2,1-3H3/b6-4+/t16-,18-/m1/s1. The van der Waals surface area contributed by atoms with Gasteiger partial charge in [-0.05, 0) is 18.1 Å². The second-order valence-corrected chi connectivity index (χ2v) is 9.02. The fourth-order valence-electron chi connectivity index (χ4n) is 4.52. The molecule has 2 aliphatic rings. The predicted molar refractivity (Wildman–Crippen MR) is 101 cm³/mol. The molecule has 26 heavy (non-hydrogen) atoms. The van der Waals surface area contributed by atoms with Gasteiger partial charge in [0.15, 0.2) is 0 Å². The number of allylic oxidation sites excluding steroid dienone is 1. The van der Waals surface area contributed by atoms with Gasteiger partial charge in [-0.25, -0.2) is 8.42 Å². The number of rotatable bonds is 5. The van der Waals surface area contributed by atoms with Crippen LogP contribution in [0.3, 0.4) is 0 Å². The molecule has 3 rings (SSSR count). The summed E-state index contributed by atoms with van der Waals surface area (Å²) in [5, 5.41) is 9.87. The zero-order valence-corrected chi connectivity index (χ0v) is 16.2. The van der Waals surface area contributed by atoms with Crippen LogP contribution in [0.2, 0.25) is 0 Å². The Morgan fingerprint density at radius 1 is 1.31 bits per heavy atom. The Morgan fingerprint density at radius 2 is 1.92 bits per heavy atom. The van der Waals surface area contributed by atoms with E-state index in [1.54, 1.807) is 11.8 Å². The maximum atomic E-state index is 12.4. The lowest BCUT2D eigenvalue weighted by Crippen LogP contribution is -2.85. The van der Waals surface area contributed by atoms with Crippen LogP contribution < -0.4 is 0 Å². The van der Waals surface area contributed by atoms with Gasteiger partial charge < -0.3 is 10.0 Å². The lowest BCUT2D eigenvalue weighted by atomic mass is 9.62. The molecule has 0 unspecified atom stereocenters. The van der Waals surface area contributed by atoms with E-state index in [0.717, 1.165) is 11.1 Å². The maximum Gasteiger partial charge on any atom is 0.222 e. The number of aliphatic hydroxyl groups excluding tert-OH is 1. The summed E-state index contributed by atoms with van der Waals surface area (Å²) in [6.45, 7) is 4.28. The van der Waals surface area contributed by atoms with E-state index >= 15 is 0 Å². The van der Waals surface area contributed by atoms with Crippen molar-refractivity contribution in [3.8, 4) is 0 Å². The Hall–Kier alpha value is -1.70. The monoisotopic (exact) mass is 378 g/mol. The van der Waals surface area contributed by atoms with Crippen molar-refractivity contribution >= 4 is 22.0 Å². The van der Waals surface area contributed by atoms with Crippen LogP contribution in [0.15, 0.2) is 30.3 Å². The summed E-state index contributed by atoms with van der Waals surface area (Å²) in [5.74, 6) is -0.0958. The third-order valence-corrected chi connectivity index (χ3v) is 6.84. The molecule has 0 bridgehead atoms. The van der Waals surface area contributed by atoms with Crippen LogP contribution in [-0.4, -0.2) is 66.2 Å². The van der Waals surface area contributed by atoms with E-state index in [1.165, 1.54) is 10.6 Å².